The number of carbonyl (C=O) groups excluding carboxylic acids is 1. The zero-order valence-corrected chi connectivity index (χ0v) is 11.8. The molecule has 1 atom stereocenters. The van der Waals surface area contributed by atoms with E-state index < -0.39 is 0 Å². The number of nitrogens with zero attached hydrogens (tertiary/aromatic N) is 1. The summed E-state index contributed by atoms with van der Waals surface area (Å²) in [5.41, 5.74) is 1.52. The van der Waals surface area contributed by atoms with E-state index in [9.17, 15) is 9.18 Å². The van der Waals surface area contributed by atoms with Crippen LogP contribution in [-0.4, -0.2) is 16.8 Å². The molecule has 0 spiro atoms. The van der Waals surface area contributed by atoms with E-state index in [2.05, 4.69) is 10.3 Å². The molecule has 0 bridgehead atoms. The minimum absolute atomic E-state index is 0.157. The fourth-order valence-electron chi connectivity index (χ4n) is 1.38. The molecular weight excluding hydrogens is 287 g/mol. The van der Waals surface area contributed by atoms with Crippen molar-refractivity contribution in [2.45, 2.75) is 6.92 Å². The van der Waals surface area contributed by atoms with Crippen LogP contribution in [0.15, 0.2) is 29.6 Å². The Hall–Kier alpha value is -1.46. The normalized spacial score (nSPS) is 12.2. The quantitative estimate of drug-likeness (QED) is 0.873. The number of hydrogen-bond acceptors (Lipinski definition) is 3. The van der Waals surface area contributed by atoms with Gasteiger partial charge in [0.2, 0.25) is 5.91 Å². The summed E-state index contributed by atoms with van der Waals surface area (Å²) in [5.74, 6) is -0.444. The molecule has 1 N–H and O–H groups in total. The Morgan fingerprint density at radius 2 is 2.16 bits per heavy atom. The van der Waals surface area contributed by atoms with Gasteiger partial charge in [-0.25, -0.2) is 9.37 Å². The second-order valence-corrected chi connectivity index (χ2v) is 5.26. The molecule has 0 aliphatic rings. The van der Waals surface area contributed by atoms with Gasteiger partial charge in [-0.2, -0.15) is 0 Å². The van der Waals surface area contributed by atoms with Gasteiger partial charge in [0, 0.05) is 22.7 Å². The topological polar surface area (TPSA) is 42.0 Å². The average Bonchev–Trinajstić information content (AvgIpc) is 2.87. The summed E-state index contributed by atoms with van der Waals surface area (Å²) in [6, 6.07) is 6.06. The van der Waals surface area contributed by atoms with Crippen LogP contribution < -0.4 is 5.32 Å². The third kappa shape index (κ3) is 3.52. The number of halogens is 2. The highest BCUT2D eigenvalue weighted by atomic mass is 35.5. The van der Waals surface area contributed by atoms with E-state index in [0.717, 1.165) is 5.56 Å². The lowest BCUT2D eigenvalue weighted by atomic mass is 10.2. The van der Waals surface area contributed by atoms with Gasteiger partial charge in [0.25, 0.3) is 0 Å². The smallest absolute Gasteiger partial charge is 0.230 e. The first kappa shape index (κ1) is 14.0. The first-order valence-electron chi connectivity index (χ1n) is 5.68. The zero-order chi connectivity index (χ0) is 13.8. The number of amides is 1. The van der Waals surface area contributed by atoms with Crippen LogP contribution in [0.4, 0.5) is 9.52 Å². The van der Waals surface area contributed by atoms with Crippen molar-refractivity contribution >= 4 is 34.0 Å². The molecule has 0 saturated carbocycles. The monoisotopic (exact) mass is 298 g/mol. The highest BCUT2D eigenvalue weighted by Gasteiger charge is 2.13. The zero-order valence-electron chi connectivity index (χ0n) is 10.2. The number of carbonyl (C=O) groups is 1. The summed E-state index contributed by atoms with van der Waals surface area (Å²) in [4.78, 5) is 15.9. The van der Waals surface area contributed by atoms with Crippen molar-refractivity contribution in [2.24, 2.45) is 5.92 Å². The van der Waals surface area contributed by atoms with Crippen LogP contribution in [0, 0.1) is 11.7 Å². The summed E-state index contributed by atoms with van der Waals surface area (Å²) in [6.45, 7) is 1.75. The van der Waals surface area contributed by atoms with Crippen LogP contribution in [0.5, 0.6) is 0 Å². The Morgan fingerprint density at radius 1 is 1.47 bits per heavy atom. The Labute approximate surface area is 119 Å². The average molecular weight is 299 g/mol. The highest BCUT2D eigenvalue weighted by molar-refractivity contribution is 7.14. The maximum Gasteiger partial charge on any atom is 0.230 e. The van der Waals surface area contributed by atoms with E-state index in [1.165, 1.54) is 23.5 Å². The Bertz CT molecular complexity index is 570. The van der Waals surface area contributed by atoms with Gasteiger partial charge in [0.15, 0.2) is 5.13 Å². The molecule has 0 saturated heterocycles. The molecule has 1 unspecified atom stereocenters. The van der Waals surface area contributed by atoms with E-state index in [1.807, 2.05) is 5.38 Å². The van der Waals surface area contributed by atoms with Gasteiger partial charge >= 0.3 is 0 Å². The van der Waals surface area contributed by atoms with Crippen LogP contribution in [-0.2, 0) is 4.79 Å². The second kappa shape index (κ2) is 6.12. The van der Waals surface area contributed by atoms with Crippen molar-refractivity contribution in [1.82, 2.24) is 4.98 Å². The molecule has 1 amide bonds. The SMILES string of the molecule is CC(CCl)C(=O)Nc1nc(-c2ccc(F)cc2)cs1. The van der Waals surface area contributed by atoms with Crippen LogP contribution >= 0.6 is 22.9 Å². The molecule has 0 radical (unpaired) electrons. The van der Waals surface area contributed by atoms with E-state index in [1.54, 1.807) is 19.1 Å². The molecule has 100 valence electrons. The fourth-order valence-corrected chi connectivity index (χ4v) is 2.25. The third-order valence-corrected chi connectivity index (χ3v) is 3.77. The van der Waals surface area contributed by atoms with E-state index in [0.29, 0.717) is 10.8 Å². The van der Waals surface area contributed by atoms with Crippen LogP contribution in [0.25, 0.3) is 11.3 Å². The maximum atomic E-state index is 12.8. The van der Waals surface area contributed by atoms with Gasteiger partial charge in [-0.15, -0.1) is 22.9 Å². The molecule has 3 nitrogen and oxygen atoms in total. The summed E-state index contributed by atoms with van der Waals surface area (Å²) in [6.07, 6.45) is 0. The Kier molecular flexibility index (Phi) is 4.50. The van der Waals surface area contributed by atoms with Crippen LogP contribution in [0.2, 0.25) is 0 Å². The van der Waals surface area contributed by atoms with E-state index in [4.69, 9.17) is 11.6 Å². The van der Waals surface area contributed by atoms with Gasteiger partial charge in [-0.05, 0) is 24.3 Å². The van der Waals surface area contributed by atoms with Gasteiger partial charge in [-0.1, -0.05) is 6.92 Å². The number of rotatable bonds is 4. The van der Waals surface area contributed by atoms with Crippen molar-refractivity contribution in [3.05, 3.63) is 35.5 Å². The minimum Gasteiger partial charge on any atom is -0.302 e. The fraction of sp³-hybridized carbons (Fsp3) is 0.231. The second-order valence-electron chi connectivity index (χ2n) is 4.09. The third-order valence-electron chi connectivity index (χ3n) is 2.55. The Balaban J connectivity index is 2.11. The van der Waals surface area contributed by atoms with E-state index >= 15 is 0 Å². The minimum atomic E-state index is -0.288. The summed E-state index contributed by atoms with van der Waals surface area (Å²) in [5, 5.41) is 5.03. The van der Waals surface area contributed by atoms with Gasteiger partial charge in [0.1, 0.15) is 5.82 Å². The van der Waals surface area contributed by atoms with Crippen LogP contribution in [0.3, 0.4) is 0 Å². The van der Waals surface area contributed by atoms with Crippen molar-refractivity contribution in [2.75, 3.05) is 11.2 Å². The first-order chi connectivity index (χ1) is 9.10. The Morgan fingerprint density at radius 3 is 2.79 bits per heavy atom. The molecule has 6 heteroatoms. The number of thiazole rings is 1. The number of hydrogen-bond donors (Lipinski definition) is 1. The molecule has 0 fully saturated rings. The van der Waals surface area contributed by atoms with E-state index in [-0.39, 0.29) is 23.5 Å². The lowest BCUT2D eigenvalue weighted by molar-refractivity contribution is -0.118. The molecular formula is C13H12ClFN2OS. The summed E-state index contributed by atoms with van der Waals surface area (Å²) < 4.78 is 12.8. The number of benzene rings is 1. The predicted molar refractivity (Wildman–Crippen MR) is 76.0 cm³/mol. The van der Waals surface area contributed by atoms with Crippen LogP contribution in [0.1, 0.15) is 6.92 Å². The largest absolute Gasteiger partial charge is 0.302 e. The number of alkyl halides is 1. The molecule has 2 aromatic rings. The van der Waals surface area contributed by atoms with Crippen molar-refractivity contribution in [1.29, 1.82) is 0 Å². The predicted octanol–water partition coefficient (Wildman–Crippen LogP) is 3.76. The molecule has 1 heterocycles. The lowest BCUT2D eigenvalue weighted by Crippen LogP contribution is -2.21. The summed E-state index contributed by atoms with van der Waals surface area (Å²) >= 11 is 6.94. The van der Waals surface area contributed by atoms with Gasteiger partial charge in [-0.3, -0.25) is 4.79 Å². The standard InChI is InChI=1S/C13H12ClFN2OS/c1-8(6-14)12(18)17-13-16-11(7-19-13)9-2-4-10(15)5-3-9/h2-5,7-8H,6H2,1H3,(H,16,17,18). The van der Waals surface area contributed by atoms with Gasteiger partial charge in [0.05, 0.1) is 5.69 Å². The lowest BCUT2D eigenvalue weighted by Gasteiger charge is -2.05. The molecule has 0 aliphatic heterocycles. The maximum absolute atomic E-state index is 12.8. The molecule has 1 aromatic heterocycles. The van der Waals surface area contributed by atoms with Crippen molar-refractivity contribution < 1.29 is 9.18 Å². The number of anilines is 1. The highest BCUT2D eigenvalue weighted by Crippen LogP contribution is 2.25. The molecule has 2 rings (SSSR count). The molecule has 0 aliphatic carbocycles. The van der Waals surface area contributed by atoms with Crippen molar-refractivity contribution in [3.8, 4) is 11.3 Å². The first-order valence-corrected chi connectivity index (χ1v) is 7.10. The number of nitrogens with one attached hydrogen (secondary N) is 1. The van der Waals surface area contributed by atoms with Gasteiger partial charge < -0.3 is 5.32 Å². The van der Waals surface area contributed by atoms with Crippen molar-refractivity contribution in [3.63, 3.8) is 0 Å². The molecule has 19 heavy (non-hydrogen) atoms. The number of aromatic nitrogens is 1. The summed E-state index contributed by atoms with van der Waals surface area (Å²) in [7, 11) is 0. The molecule has 1 aromatic carbocycles.